The summed E-state index contributed by atoms with van der Waals surface area (Å²) in [5.74, 6) is 1.48. The Kier molecular flexibility index (Phi) is 6.06. The third kappa shape index (κ3) is 4.29. The van der Waals surface area contributed by atoms with E-state index in [1.807, 2.05) is 37.3 Å². The highest BCUT2D eigenvalue weighted by molar-refractivity contribution is 6.35. The van der Waals surface area contributed by atoms with Gasteiger partial charge in [0.2, 0.25) is 0 Å². The van der Waals surface area contributed by atoms with Crippen molar-refractivity contribution in [2.45, 2.75) is 38.3 Å². The second-order valence-electron chi connectivity index (χ2n) is 8.80. The van der Waals surface area contributed by atoms with Crippen molar-refractivity contribution in [3.63, 3.8) is 0 Å². The van der Waals surface area contributed by atoms with Gasteiger partial charge in [0.25, 0.3) is 0 Å². The molecule has 0 amide bonds. The van der Waals surface area contributed by atoms with Gasteiger partial charge in [0, 0.05) is 36.4 Å². The third-order valence-corrected chi connectivity index (χ3v) is 6.72. The van der Waals surface area contributed by atoms with E-state index in [0.717, 1.165) is 42.7 Å². The van der Waals surface area contributed by atoms with Crippen molar-refractivity contribution in [2.24, 2.45) is 5.73 Å². The molecular formula is C24H25Cl2N7O. The molecule has 3 N–H and O–H groups in total. The molecule has 1 aliphatic rings. The van der Waals surface area contributed by atoms with Crippen molar-refractivity contribution in [3.05, 3.63) is 58.3 Å². The lowest BCUT2D eigenvalue weighted by Crippen LogP contribution is -2.67. The zero-order valence-electron chi connectivity index (χ0n) is 18.9. The molecule has 8 nitrogen and oxygen atoms in total. The summed E-state index contributed by atoms with van der Waals surface area (Å²) in [6, 6.07) is 9.61. The maximum atomic E-state index is 6.38. The van der Waals surface area contributed by atoms with Crippen molar-refractivity contribution >= 4 is 39.9 Å². The van der Waals surface area contributed by atoms with Crippen LogP contribution < -0.4 is 15.4 Å². The van der Waals surface area contributed by atoms with E-state index in [1.165, 1.54) is 0 Å². The minimum Gasteiger partial charge on any atom is -0.486 e. The van der Waals surface area contributed by atoms with Gasteiger partial charge in [0.05, 0.1) is 21.1 Å². The standard InChI is InChI=1S/C24H25Cl2N7O/c1-3-8-24(27)12-33(13-24)21-7-6-20(30-31-21)23-16-9-15(4-5-19(16)29-32-23)34-14(2)22-17(25)10-28-11-18(22)26/h4-7,9-11,14H,3,8,12-13,27H2,1-2H3,(H,29,32)/t14-/m1/s1. The summed E-state index contributed by atoms with van der Waals surface area (Å²) in [7, 11) is 0. The summed E-state index contributed by atoms with van der Waals surface area (Å²) >= 11 is 12.6. The molecule has 4 heterocycles. The van der Waals surface area contributed by atoms with Gasteiger partial charge in [-0.2, -0.15) is 5.10 Å². The average molecular weight is 498 g/mol. The summed E-state index contributed by atoms with van der Waals surface area (Å²) in [5, 5.41) is 18.2. The number of anilines is 1. The molecule has 0 aliphatic carbocycles. The molecule has 1 fully saturated rings. The number of benzene rings is 1. The molecule has 0 bridgehead atoms. The SMILES string of the molecule is CCCC1(N)CN(c2ccc(-c3n[nH]c4ccc(O[C@H](C)c5c(Cl)cncc5Cl)cc34)nn2)C1. The van der Waals surface area contributed by atoms with Crippen LogP contribution in [0.5, 0.6) is 5.75 Å². The monoisotopic (exact) mass is 497 g/mol. The van der Waals surface area contributed by atoms with Gasteiger partial charge in [-0.25, -0.2) is 0 Å². The topological polar surface area (TPSA) is 106 Å². The molecule has 0 saturated carbocycles. The molecule has 1 aromatic carbocycles. The second-order valence-corrected chi connectivity index (χ2v) is 9.62. The van der Waals surface area contributed by atoms with Gasteiger partial charge in [-0.15, -0.1) is 10.2 Å². The number of nitrogens with one attached hydrogen (secondary N) is 1. The summed E-state index contributed by atoms with van der Waals surface area (Å²) < 4.78 is 6.15. The number of aromatic amines is 1. The molecule has 1 atom stereocenters. The van der Waals surface area contributed by atoms with Crippen LogP contribution >= 0.6 is 23.2 Å². The number of ether oxygens (including phenoxy) is 1. The lowest BCUT2D eigenvalue weighted by atomic mass is 9.86. The van der Waals surface area contributed by atoms with E-state index < -0.39 is 0 Å². The normalized spacial score (nSPS) is 15.9. The highest BCUT2D eigenvalue weighted by atomic mass is 35.5. The van der Waals surface area contributed by atoms with E-state index in [0.29, 0.717) is 32.7 Å². The zero-order valence-corrected chi connectivity index (χ0v) is 20.4. The first-order chi connectivity index (χ1) is 16.4. The van der Waals surface area contributed by atoms with Crippen LogP contribution in [-0.2, 0) is 0 Å². The van der Waals surface area contributed by atoms with E-state index in [2.05, 4.69) is 37.2 Å². The highest BCUT2D eigenvalue weighted by Gasteiger charge is 2.39. The number of hydrogen-bond donors (Lipinski definition) is 2. The van der Waals surface area contributed by atoms with Crippen LogP contribution in [0.15, 0.2) is 42.7 Å². The lowest BCUT2D eigenvalue weighted by Gasteiger charge is -2.48. The Bertz CT molecular complexity index is 1300. The van der Waals surface area contributed by atoms with Crippen molar-refractivity contribution in [3.8, 4) is 17.1 Å². The molecule has 5 rings (SSSR count). The molecule has 176 valence electrons. The van der Waals surface area contributed by atoms with Crippen LogP contribution in [0.2, 0.25) is 10.0 Å². The first kappa shape index (κ1) is 22.8. The summed E-state index contributed by atoms with van der Waals surface area (Å²) in [6.07, 6.45) is 4.83. The van der Waals surface area contributed by atoms with Crippen LogP contribution in [0.1, 0.15) is 38.4 Å². The molecular weight excluding hydrogens is 473 g/mol. The third-order valence-electron chi connectivity index (χ3n) is 6.12. The van der Waals surface area contributed by atoms with Gasteiger partial charge in [0.1, 0.15) is 23.2 Å². The van der Waals surface area contributed by atoms with Gasteiger partial charge in [0.15, 0.2) is 5.82 Å². The lowest BCUT2D eigenvalue weighted by molar-refractivity contribution is 0.227. The molecule has 1 aliphatic heterocycles. The molecule has 3 aromatic heterocycles. The number of aromatic nitrogens is 5. The Balaban J connectivity index is 1.36. The quantitative estimate of drug-likeness (QED) is 0.362. The second kappa shape index (κ2) is 9.02. The van der Waals surface area contributed by atoms with Crippen LogP contribution in [0.25, 0.3) is 22.3 Å². The van der Waals surface area contributed by atoms with Crippen LogP contribution in [0, 0.1) is 0 Å². The van der Waals surface area contributed by atoms with E-state index in [1.54, 1.807) is 12.4 Å². The fraction of sp³-hybridized carbons (Fsp3) is 0.333. The fourth-order valence-electron chi connectivity index (χ4n) is 4.49. The summed E-state index contributed by atoms with van der Waals surface area (Å²) in [4.78, 5) is 6.15. The first-order valence-electron chi connectivity index (χ1n) is 11.2. The maximum absolute atomic E-state index is 6.38. The molecule has 1 saturated heterocycles. The molecule has 0 spiro atoms. The molecule has 0 radical (unpaired) electrons. The van der Waals surface area contributed by atoms with Gasteiger partial charge in [-0.3, -0.25) is 10.1 Å². The number of nitrogens with zero attached hydrogens (tertiary/aromatic N) is 5. The van der Waals surface area contributed by atoms with Gasteiger partial charge >= 0.3 is 0 Å². The van der Waals surface area contributed by atoms with Gasteiger partial charge < -0.3 is 15.4 Å². The Morgan fingerprint density at radius 1 is 1.15 bits per heavy atom. The van der Waals surface area contributed by atoms with Crippen LogP contribution in [0.3, 0.4) is 0 Å². The fourth-order valence-corrected chi connectivity index (χ4v) is 5.16. The molecule has 34 heavy (non-hydrogen) atoms. The number of hydrogen-bond acceptors (Lipinski definition) is 7. The van der Waals surface area contributed by atoms with Crippen molar-refractivity contribution in [2.75, 3.05) is 18.0 Å². The smallest absolute Gasteiger partial charge is 0.151 e. The minimum absolute atomic E-state index is 0.119. The Labute approximate surface area is 207 Å². The predicted octanol–water partition coefficient (Wildman–Crippen LogP) is 5.18. The van der Waals surface area contributed by atoms with Crippen molar-refractivity contribution in [1.82, 2.24) is 25.4 Å². The van der Waals surface area contributed by atoms with Crippen molar-refractivity contribution in [1.29, 1.82) is 0 Å². The van der Waals surface area contributed by atoms with E-state index in [-0.39, 0.29) is 11.6 Å². The Morgan fingerprint density at radius 3 is 2.59 bits per heavy atom. The first-order valence-corrected chi connectivity index (χ1v) is 11.9. The summed E-state index contributed by atoms with van der Waals surface area (Å²) in [5.41, 5.74) is 9.20. The van der Waals surface area contributed by atoms with Gasteiger partial charge in [-0.1, -0.05) is 36.5 Å². The number of rotatable bonds is 7. The summed E-state index contributed by atoms with van der Waals surface area (Å²) in [6.45, 7) is 5.64. The highest BCUT2D eigenvalue weighted by Crippen LogP contribution is 2.35. The molecule has 10 heteroatoms. The van der Waals surface area contributed by atoms with Crippen LogP contribution in [0.4, 0.5) is 5.82 Å². The maximum Gasteiger partial charge on any atom is 0.151 e. The number of pyridine rings is 1. The Morgan fingerprint density at radius 2 is 1.91 bits per heavy atom. The largest absolute Gasteiger partial charge is 0.486 e. The number of nitrogens with two attached hydrogens (primary N) is 1. The zero-order chi connectivity index (χ0) is 23.9. The Hall–Kier alpha value is -2.94. The average Bonchev–Trinajstić information content (AvgIpc) is 3.21. The van der Waals surface area contributed by atoms with Crippen molar-refractivity contribution < 1.29 is 4.74 Å². The number of halogens is 2. The van der Waals surface area contributed by atoms with E-state index in [9.17, 15) is 0 Å². The molecule has 0 unspecified atom stereocenters. The van der Waals surface area contributed by atoms with Crippen LogP contribution in [-0.4, -0.2) is 44.0 Å². The molecule has 4 aromatic rings. The number of fused-ring (bicyclic) bond motifs is 1. The predicted molar refractivity (Wildman–Crippen MR) is 134 cm³/mol. The number of H-pyrrole nitrogens is 1. The minimum atomic E-state index is -0.367. The van der Waals surface area contributed by atoms with E-state index in [4.69, 9.17) is 33.7 Å². The van der Waals surface area contributed by atoms with E-state index >= 15 is 0 Å². The van der Waals surface area contributed by atoms with Gasteiger partial charge in [-0.05, 0) is 43.7 Å².